The van der Waals surface area contributed by atoms with E-state index < -0.39 is 11.9 Å². The van der Waals surface area contributed by atoms with E-state index in [1.807, 2.05) is 0 Å². The number of aryl methyl sites for hydroxylation is 1. The zero-order valence-corrected chi connectivity index (χ0v) is 17.0. The second-order valence-corrected chi connectivity index (χ2v) is 8.66. The van der Waals surface area contributed by atoms with Crippen molar-refractivity contribution < 1.29 is 14.3 Å². The molecule has 0 spiro atoms. The summed E-state index contributed by atoms with van der Waals surface area (Å²) in [5.41, 5.74) is 1.19. The van der Waals surface area contributed by atoms with Gasteiger partial charge in [0.15, 0.2) is 0 Å². The second-order valence-electron chi connectivity index (χ2n) is 7.58. The fraction of sp³-hybridized carbons (Fsp3) is 0.619. The quantitative estimate of drug-likeness (QED) is 0.664. The number of hydrogen-bond acceptors (Lipinski definition) is 7. The summed E-state index contributed by atoms with van der Waals surface area (Å²) in [6, 6.07) is 2.13. The van der Waals surface area contributed by atoms with E-state index in [9.17, 15) is 10.1 Å². The Bertz CT molecular complexity index is 898. The number of ether oxygens (including phenoxy) is 2. The van der Waals surface area contributed by atoms with Crippen LogP contribution >= 0.6 is 11.3 Å². The maximum Gasteiger partial charge on any atom is 0.323 e. The van der Waals surface area contributed by atoms with Crippen LogP contribution in [0.4, 0.5) is 0 Å². The van der Waals surface area contributed by atoms with Gasteiger partial charge < -0.3 is 9.47 Å². The van der Waals surface area contributed by atoms with Gasteiger partial charge >= 0.3 is 5.97 Å². The molecule has 2 aliphatic rings. The van der Waals surface area contributed by atoms with Crippen LogP contribution in [0.25, 0.3) is 10.2 Å². The molecule has 0 amide bonds. The molecule has 2 aromatic rings. The molecule has 2 aromatic heterocycles. The smallest absolute Gasteiger partial charge is 0.323 e. The van der Waals surface area contributed by atoms with E-state index in [1.165, 1.54) is 29.7 Å². The van der Waals surface area contributed by atoms with Crippen LogP contribution in [0.15, 0.2) is 6.33 Å². The third kappa shape index (κ3) is 3.70. The molecule has 1 saturated carbocycles. The van der Waals surface area contributed by atoms with Crippen molar-refractivity contribution in [3.63, 3.8) is 0 Å². The summed E-state index contributed by atoms with van der Waals surface area (Å²) in [5.74, 6) is -0.352. The summed E-state index contributed by atoms with van der Waals surface area (Å²) in [7, 11) is 0. The van der Waals surface area contributed by atoms with Gasteiger partial charge in [-0.15, -0.1) is 11.3 Å². The Hall–Kier alpha value is -2.20. The number of aromatic nitrogens is 2. The van der Waals surface area contributed by atoms with Crippen molar-refractivity contribution in [2.75, 3.05) is 6.61 Å². The Balaban J connectivity index is 1.63. The molecule has 1 unspecified atom stereocenters. The molecule has 0 aliphatic heterocycles. The molecule has 2 heterocycles. The van der Waals surface area contributed by atoms with Crippen LogP contribution < -0.4 is 4.74 Å². The summed E-state index contributed by atoms with van der Waals surface area (Å²) < 4.78 is 11.4. The van der Waals surface area contributed by atoms with Crippen LogP contribution in [0, 0.1) is 17.2 Å². The third-order valence-corrected chi connectivity index (χ3v) is 6.95. The van der Waals surface area contributed by atoms with Crippen molar-refractivity contribution in [2.45, 2.75) is 70.3 Å². The minimum atomic E-state index is -0.738. The topological polar surface area (TPSA) is 85.1 Å². The van der Waals surface area contributed by atoms with Gasteiger partial charge in [0, 0.05) is 4.88 Å². The summed E-state index contributed by atoms with van der Waals surface area (Å²) >= 11 is 1.69. The average Bonchev–Trinajstić information content (AvgIpc) is 3.26. The lowest BCUT2D eigenvalue weighted by atomic mass is 9.90. The highest BCUT2D eigenvalue weighted by atomic mass is 32.1. The molecule has 1 fully saturated rings. The lowest BCUT2D eigenvalue weighted by Gasteiger charge is -2.23. The van der Waals surface area contributed by atoms with Crippen LogP contribution in [0.3, 0.4) is 0 Å². The Morgan fingerprint density at radius 2 is 2.14 bits per heavy atom. The normalized spacial score (nSPS) is 20.5. The summed E-state index contributed by atoms with van der Waals surface area (Å²) in [6.07, 6.45) is 9.98. The van der Waals surface area contributed by atoms with Crippen molar-refractivity contribution in [2.24, 2.45) is 5.92 Å². The molecule has 0 bridgehead atoms. The Kier molecular flexibility index (Phi) is 5.77. The SMILES string of the molecule is CCOC(=O)C(C#N)C[C@H]1CCc2sc3ncnc(OC4CCCCC4)c3c21. The fourth-order valence-electron chi connectivity index (χ4n) is 4.44. The average molecular weight is 400 g/mol. The second kappa shape index (κ2) is 8.44. The van der Waals surface area contributed by atoms with Crippen LogP contribution in [-0.4, -0.2) is 28.6 Å². The van der Waals surface area contributed by atoms with Crippen molar-refractivity contribution >= 4 is 27.5 Å². The van der Waals surface area contributed by atoms with Gasteiger partial charge in [0.1, 0.15) is 23.2 Å². The highest BCUT2D eigenvalue weighted by Gasteiger charge is 2.34. The monoisotopic (exact) mass is 399 g/mol. The number of thiophene rings is 1. The molecular formula is C21H25N3O3S. The molecule has 0 N–H and O–H groups in total. The predicted octanol–water partition coefficient (Wildman–Crippen LogP) is 4.53. The van der Waals surface area contributed by atoms with E-state index in [0.29, 0.717) is 18.9 Å². The number of fused-ring (bicyclic) bond motifs is 3. The van der Waals surface area contributed by atoms with Gasteiger partial charge in [0.25, 0.3) is 0 Å². The summed E-state index contributed by atoms with van der Waals surface area (Å²) in [5, 5.41) is 10.5. The molecule has 6 nitrogen and oxygen atoms in total. The van der Waals surface area contributed by atoms with Crippen molar-refractivity contribution in [1.82, 2.24) is 9.97 Å². The van der Waals surface area contributed by atoms with Crippen LogP contribution in [0.1, 0.15) is 68.2 Å². The molecular weight excluding hydrogens is 374 g/mol. The molecule has 148 valence electrons. The molecule has 28 heavy (non-hydrogen) atoms. The molecule has 0 radical (unpaired) electrons. The standard InChI is InChI=1S/C21H25N3O3S/c1-2-26-21(25)14(11-22)10-13-8-9-16-17(13)18-19(23-12-24-20(18)28-16)27-15-6-4-3-5-7-15/h12-15H,2-10H2,1H3/t13-,14?/m1/s1. The van der Waals surface area contributed by atoms with Crippen LogP contribution in [-0.2, 0) is 16.0 Å². The van der Waals surface area contributed by atoms with Gasteiger partial charge in [-0.2, -0.15) is 5.26 Å². The summed E-state index contributed by atoms with van der Waals surface area (Å²) in [4.78, 5) is 23.3. The molecule has 2 atom stereocenters. The van der Waals surface area contributed by atoms with E-state index in [2.05, 4.69) is 16.0 Å². The van der Waals surface area contributed by atoms with E-state index in [4.69, 9.17) is 9.47 Å². The first kappa shape index (κ1) is 19.1. The number of nitrogens with zero attached hydrogens (tertiary/aromatic N) is 3. The van der Waals surface area contributed by atoms with Crippen molar-refractivity contribution in [3.05, 3.63) is 16.8 Å². The van der Waals surface area contributed by atoms with Gasteiger partial charge in [0.2, 0.25) is 5.88 Å². The number of nitriles is 1. The maximum atomic E-state index is 12.1. The van der Waals surface area contributed by atoms with Gasteiger partial charge in [-0.1, -0.05) is 6.42 Å². The molecule has 2 aliphatic carbocycles. The van der Waals surface area contributed by atoms with Crippen molar-refractivity contribution in [3.8, 4) is 11.9 Å². The number of rotatable bonds is 6. The third-order valence-electron chi connectivity index (χ3n) is 5.77. The van der Waals surface area contributed by atoms with Gasteiger partial charge in [-0.05, 0) is 63.4 Å². The number of esters is 1. The maximum absolute atomic E-state index is 12.1. The van der Waals surface area contributed by atoms with E-state index in [1.54, 1.807) is 24.6 Å². The molecule has 0 aromatic carbocycles. The minimum Gasteiger partial charge on any atom is -0.474 e. The fourth-order valence-corrected chi connectivity index (χ4v) is 5.67. The van der Waals surface area contributed by atoms with Gasteiger partial charge in [-0.3, -0.25) is 4.79 Å². The van der Waals surface area contributed by atoms with Gasteiger partial charge in [-0.25, -0.2) is 9.97 Å². The molecule has 0 saturated heterocycles. The summed E-state index contributed by atoms with van der Waals surface area (Å²) in [6.45, 7) is 2.06. The first-order chi connectivity index (χ1) is 13.7. The first-order valence-corrected chi connectivity index (χ1v) is 11.0. The predicted molar refractivity (Wildman–Crippen MR) is 106 cm³/mol. The Morgan fingerprint density at radius 1 is 1.32 bits per heavy atom. The van der Waals surface area contributed by atoms with E-state index >= 15 is 0 Å². The largest absolute Gasteiger partial charge is 0.474 e. The van der Waals surface area contributed by atoms with Gasteiger partial charge in [0.05, 0.1) is 18.1 Å². The lowest BCUT2D eigenvalue weighted by Crippen LogP contribution is -2.20. The first-order valence-electron chi connectivity index (χ1n) is 10.2. The number of carbonyl (C=O) groups is 1. The van der Waals surface area contributed by atoms with Crippen LogP contribution in [0.2, 0.25) is 0 Å². The van der Waals surface area contributed by atoms with Crippen LogP contribution in [0.5, 0.6) is 5.88 Å². The number of hydrogen-bond donors (Lipinski definition) is 0. The minimum absolute atomic E-state index is 0.137. The lowest BCUT2D eigenvalue weighted by molar-refractivity contribution is -0.146. The van der Waals surface area contributed by atoms with E-state index in [-0.39, 0.29) is 12.0 Å². The number of carbonyl (C=O) groups excluding carboxylic acids is 1. The highest BCUT2D eigenvalue weighted by molar-refractivity contribution is 7.19. The van der Waals surface area contributed by atoms with E-state index in [0.717, 1.165) is 35.9 Å². The Morgan fingerprint density at radius 3 is 2.89 bits per heavy atom. The Labute approximate surface area is 168 Å². The molecule has 4 rings (SSSR count). The van der Waals surface area contributed by atoms with Crippen molar-refractivity contribution in [1.29, 1.82) is 5.26 Å². The highest BCUT2D eigenvalue weighted by Crippen LogP contribution is 2.48. The zero-order chi connectivity index (χ0) is 19.5. The molecule has 7 heteroatoms. The zero-order valence-electron chi connectivity index (χ0n) is 16.1.